The molecule has 2 rings (SSSR count). The molecule has 1 N–H and O–H groups in total. The minimum absolute atomic E-state index is 0.0113. The van der Waals surface area contributed by atoms with Crippen LogP contribution in [0.5, 0.6) is 0 Å². The highest BCUT2D eigenvalue weighted by Gasteiger charge is 2.27. The lowest BCUT2D eigenvalue weighted by Gasteiger charge is -2.30. The molecule has 1 aliphatic rings. The van der Waals surface area contributed by atoms with E-state index in [2.05, 4.69) is 4.72 Å². The van der Waals surface area contributed by atoms with Gasteiger partial charge in [-0.3, -0.25) is 0 Å². The van der Waals surface area contributed by atoms with Crippen molar-refractivity contribution in [2.45, 2.75) is 50.3 Å². The Morgan fingerprint density at radius 3 is 2.32 bits per heavy atom. The lowest BCUT2D eigenvalue weighted by Crippen LogP contribution is -2.45. The maximum absolute atomic E-state index is 12.3. The van der Waals surface area contributed by atoms with E-state index in [0.29, 0.717) is 0 Å². The summed E-state index contributed by atoms with van der Waals surface area (Å²) in [5.74, 6) is -0.0415. The number of sulfone groups is 1. The van der Waals surface area contributed by atoms with E-state index in [4.69, 9.17) is 0 Å². The molecule has 1 fully saturated rings. The molecule has 142 valence electrons. The molecular formula is C17H28N2O4S2. The van der Waals surface area contributed by atoms with Crippen LogP contribution in [-0.2, 0) is 25.8 Å². The van der Waals surface area contributed by atoms with Gasteiger partial charge in [-0.05, 0) is 24.8 Å². The van der Waals surface area contributed by atoms with Crippen molar-refractivity contribution in [1.82, 2.24) is 9.03 Å². The maximum atomic E-state index is 12.3. The number of nitrogens with one attached hydrogen (secondary N) is 1. The Labute approximate surface area is 151 Å². The van der Waals surface area contributed by atoms with Crippen molar-refractivity contribution in [2.24, 2.45) is 0 Å². The molecule has 0 unspecified atom stereocenters. The molecule has 1 aliphatic carbocycles. The zero-order chi connectivity index (χ0) is 18.3. The van der Waals surface area contributed by atoms with E-state index in [0.717, 1.165) is 37.7 Å². The molecule has 0 atom stereocenters. The zero-order valence-corrected chi connectivity index (χ0v) is 16.4. The van der Waals surface area contributed by atoms with Crippen molar-refractivity contribution < 1.29 is 16.8 Å². The summed E-state index contributed by atoms with van der Waals surface area (Å²) in [6, 6.07) is 9.06. The van der Waals surface area contributed by atoms with Gasteiger partial charge in [0.25, 0.3) is 10.2 Å². The quantitative estimate of drug-likeness (QED) is 0.657. The van der Waals surface area contributed by atoms with Gasteiger partial charge in [0.2, 0.25) is 0 Å². The molecule has 0 spiro atoms. The van der Waals surface area contributed by atoms with Crippen molar-refractivity contribution in [3.63, 3.8) is 0 Å². The first kappa shape index (κ1) is 20.4. The van der Waals surface area contributed by atoms with Crippen LogP contribution in [0.3, 0.4) is 0 Å². The second kappa shape index (κ2) is 9.12. The van der Waals surface area contributed by atoms with Gasteiger partial charge < -0.3 is 0 Å². The van der Waals surface area contributed by atoms with Crippen molar-refractivity contribution in [2.75, 3.05) is 19.3 Å². The van der Waals surface area contributed by atoms with Gasteiger partial charge in [0.05, 0.1) is 11.5 Å². The van der Waals surface area contributed by atoms with E-state index in [1.807, 2.05) is 6.07 Å². The van der Waals surface area contributed by atoms with Gasteiger partial charge in [0, 0.05) is 19.6 Å². The van der Waals surface area contributed by atoms with Crippen LogP contribution in [0.2, 0.25) is 0 Å². The van der Waals surface area contributed by atoms with E-state index in [9.17, 15) is 16.8 Å². The van der Waals surface area contributed by atoms with Crippen LogP contribution in [0.15, 0.2) is 30.3 Å². The molecule has 1 saturated carbocycles. The molecule has 0 aliphatic heterocycles. The van der Waals surface area contributed by atoms with E-state index < -0.39 is 20.0 Å². The fourth-order valence-electron chi connectivity index (χ4n) is 3.14. The topological polar surface area (TPSA) is 83.6 Å². The molecule has 0 radical (unpaired) electrons. The molecule has 25 heavy (non-hydrogen) atoms. The van der Waals surface area contributed by atoms with Crippen LogP contribution in [0.1, 0.15) is 44.1 Å². The standard InChI is InChI=1S/C17H28N2O4S2/c1-19(17-11-6-3-7-12-17)25(22,23)18-13-8-14-24(20,21)15-16-9-4-2-5-10-16/h2,4-5,9-10,17-18H,3,6-8,11-15H2,1H3. The molecule has 0 saturated heterocycles. The summed E-state index contributed by atoms with van der Waals surface area (Å²) >= 11 is 0. The molecule has 0 aromatic heterocycles. The highest BCUT2D eigenvalue weighted by atomic mass is 32.2. The molecule has 8 heteroatoms. The first-order valence-electron chi connectivity index (χ1n) is 8.77. The zero-order valence-electron chi connectivity index (χ0n) is 14.7. The van der Waals surface area contributed by atoms with Gasteiger partial charge in [0.1, 0.15) is 0 Å². The molecule has 1 aromatic rings. The Kier molecular flexibility index (Phi) is 7.42. The largest absolute Gasteiger partial charge is 0.279 e. The average Bonchev–Trinajstić information content (AvgIpc) is 2.59. The second-order valence-electron chi connectivity index (χ2n) is 6.64. The number of hydrogen-bond acceptors (Lipinski definition) is 4. The Bertz CT molecular complexity index is 727. The Morgan fingerprint density at radius 1 is 1.04 bits per heavy atom. The normalized spacial score (nSPS) is 17.0. The summed E-state index contributed by atoms with van der Waals surface area (Å²) < 4.78 is 52.8. The predicted octanol–water partition coefficient (Wildman–Crippen LogP) is 2.09. The predicted molar refractivity (Wildman–Crippen MR) is 100 cm³/mol. The summed E-state index contributed by atoms with van der Waals surface area (Å²) in [5, 5.41) is 0. The third-order valence-corrected chi connectivity index (χ3v) is 7.92. The number of hydrogen-bond donors (Lipinski definition) is 1. The highest BCUT2D eigenvalue weighted by Crippen LogP contribution is 2.22. The van der Waals surface area contributed by atoms with Gasteiger partial charge >= 0.3 is 0 Å². The minimum atomic E-state index is -3.55. The average molecular weight is 389 g/mol. The summed E-state index contributed by atoms with van der Waals surface area (Å²) in [6.07, 6.45) is 5.33. The van der Waals surface area contributed by atoms with E-state index in [1.54, 1.807) is 31.3 Å². The molecule has 6 nitrogen and oxygen atoms in total. The third kappa shape index (κ3) is 6.69. The minimum Gasteiger partial charge on any atom is -0.228 e. The van der Waals surface area contributed by atoms with Gasteiger partial charge in [-0.1, -0.05) is 49.6 Å². The van der Waals surface area contributed by atoms with Gasteiger partial charge in [-0.15, -0.1) is 0 Å². The summed E-state index contributed by atoms with van der Waals surface area (Å²) in [7, 11) is -5.19. The van der Waals surface area contributed by atoms with E-state index in [1.165, 1.54) is 4.31 Å². The number of nitrogens with zero attached hydrogens (tertiary/aromatic N) is 1. The Morgan fingerprint density at radius 2 is 1.68 bits per heavy atom. The highest BCUT2D eigenvalue weighted by molar-refractivity contribution is 7.90. The van der Waals surface area contributed by atoms with Crippen molar-refractivity contribution in [3.8, 4) is 0 Å². The molecule has 0 amide bonds. The van der Waals surface area contributed by atoms with Crippen LogP contribution in [0.25, 0.3) is 0 Å². The van der Waals surface area contributed by atoms with Crippen molar-refractivity contribution in [3.05, 3.63) is 35.9 Å². The maximum Gasteiger partial charge on any atom is 0.279 e. The van der Waals surface area contributed by atoms with Crippen molar-refractivity contribution in [1.29, 1.82) is 0 Å². The summed E-state index contributed by atoms with van der Waals surface area (Å²) in [4.78, 5) is 0. The molecule has 1 aromatic carbocycles. The second-order valence-corrected chi connectivity index (χ2v) is 10.6. The van der Waals surface area contributed by atoms with E-state index >= 15 is 0 Å². The van der Waals surface area contributed by atoms with Crippen LogP contribution >= 0.6 is 0 Å². The summed E-state index contributed by atoms with van der Waals surface area (Å²) in [5.41, 5.74) is 0.750. The van der Waals surface area contributed by atoms with Gasteiger partial charge in [0.15, 0.2) is 9.84 Å². The number of benzene rings is 1. The van der Waals surface area contributed by atoms with Crippen LogP contribution in [-0.4, -0.2) is 46.5 Å². The van der Waals surface area contributed by atoms with Gasteiger partial charge in [-0.25, -0.2) is 13.1 Å². The van der Waals surface area contributed by atoms with Gasteiger partial charge in [-0.2, -0.15) is 12.7 Å². The molecule has 0 heterocycles. The van der Waals surface area contributed by atoms with Crippen LogP contribution in [0, 0.1) is 0 Å². The molecule has 0 bridgehead atoms. The Hall–Kier alpha value is -0.960. The SMILES string of the molecule is CN(C1CCCCC1)S(=O)(=O)NCCCS(=O)(=O)Cc1ccccc1. The Balaban J connectivity index is 1.77. The van der Waals surface area contributed by atoms with Crippen LogP contribution < -0.4 is 4.72 Å². The first-order chi connectivity index (χ1) is 11.8. The fraction of sp³-hybridized carbons (Fsp3) is 0.647. The third-order valence-electron chi connectivity index (χ3n) is 4.61. The molecular weight excluding hydrogens is 360 g/mol. The lowest BCUT2D eigenvalue weighted by atomic mass is 9.96. The van der Waals surface area contributed by atoms with E-state index in [-0.39, 0.29) is 30.5 Å². The van der Waals surface area contributed by atoms with Crippen molar-refractivity contribution >= 4 is 20.0 Å². The lowest BCUT2D eigenvalue weighted by molar-refractivity contribution is 0.283. The van der Waals surface area contributed by atoms with Crippen LogP contribution in [0.4, 0.5) is 0 Å². The smallest absolute Gasteiger partial charge is 0.228 e. The number of rotatable bonds is 9. The summed E-state index contributed by atoms with van der Waals surface area (Å²) in [6.45, 7) is 0.132. The first-order valence-corrected chi connectivity index (χ1v) is 12.0. The monoisotopic (exact) mass is 388 g/mol. The fourth-order valence-corrected chi connectivity index (χ4v) is 5.77.